The lowest BCUT2D eigenvalue weighted by molar-refractivity contribution is 0.0910. The van der Waals surface area contributed by atoms with Crippen molar-refractivity contribution in [3.05, 3.63) is 35.9 Å². The first-order valence-corrected chi connectivity index (χ1v) is 6.22. The van der Waals surface area contributed by atoms with Crippen molar-refractivity contribution in [2.24, 2.45) is 11.7 Å². The van der Waals surface area contributed by atoms with E-state index in [1.807, 2.05) is 0 Å². The first kappa shape index (κ1) is 11.6. The van der Waals surface area contributed by atoms with Gasteiger partial charge in [0.05, 0.1) is 0 Å². The van der Waals surface area contributed by atoms with Gasteiger partial charge in [0.1, 0.15) is 0 Å². The summed E-state index contributed by atoms with van der Waals surface area (Å²) in [6.45, 7) is 6.75. The first-order valence-electron chi connectivity index (χ1n) is 6.22. The molecule has 0 bridgehead atoms. The number of piperidine rings is 1. The summed E-state index contributed by atoms with van der Waals surface area (Å²) < 4.78 is 0. The Morgan fingerprint density at radius 2 is 1.94 bits per heavy atom. The van der Waals surface area contributed by atoms with Gasteiger partial charge in [-0.1, -0.05) is 37.3 Å². The van der Waals surface area contributed by atoms with Crippen LogP contribution in [-0.2, 0) is 6.54 Å². The van der Waals surface area contributed by atoms with E-state index in [1.54, 1.807) is 0 Å². The van der Waals surface area contributed by atoms with Gasteiger partial charge in [0.25, 0.3) is 0 Å². The second kappa shape index (κ2) is 4.98. The van der Waals surface area contributed by atoms with Crippen molar-refractivity contribution >= 4 is 0 Å². The van der Waals surface area contributed by atoms with E-state index in [2.05, 4.69) is 49.1 Å². The molecule has 0 saturated carbocycles. The minimum Gasteiger partial charge on any atom is -0.327 e. The Morgan fingerprint density at radius 3 is 2.62 bits per heavy atom. The molecule has 2 N–H and O–H groups in total. The van der Waals surface area contributed by atoms with E-state index in [4.69, 9.17) is 5.73 Å². The summed E-state index contributed by atoms with van der Waals surface area (Å²) in [5.74, 6) is 0.595. The Bertz CT molecular complexity index is 323. The van der Waals surface area contributed by atoms with Crippen molar-refractivity contribution in [1.82, 2.24) is 4.90 Å². The number of hydrogen-bond donors (Lipinski definition) is 1. The molecule has 2 nitrogen and oxygen atoms in total. The van der Waals surface area contributed by atoms with E-state index >= 15 is 0 Å². The molecule has 0 aromatic heterocycles. The van der Waals surface area contributed by atoms with E-state index in [0.29, 0.717) is 18.0 Å². The summed E-state index contributed by atoms with van der Waals surface area (Å²) >= 11 is 0. The van der Waals surface area contributed by atoms with Crippen LogP contribution < -0.4 is 5.73 Å². The predicted octanol–water partition coefficient (Wildman–Crippen LogP) is 2.24. The van der Waals surface area contributed by atoms with Gasteiger partial charge in [-0.05, 0) is 24.8 Å². The summed E-state index contributed by atoms with van der Waals surface area (Å²) in [7, 11) is 0. The topological polar surface area (TPSA) is 29.3 Å². The third-order valence-corrected chi connectivity index (χ3v) is 3.99. The molecule has 1 fully saturated rings. The third-order valence-electron chi connectivity index (χ3n) is 3.99. The molecule has 1 heterocycles. The van der Waals surface area contributed by atoms with Gasteiger partial charge >= 0.3 is 0 Å². The van der Waals surface area contributed by atoms with Crippen molar-refractivity contribution in [3.8, 4) is 0 Å². The average Bonchev–Trinajstić information content (AvgIpc) is 2.31. The van der Waals surface area contributed by atoms with Crippen molar-refractivity contribution in [2.45, 2.75) is 38.9 Å². The summed E-state index contributed by atoms with van der Waals surface area (Å²) in [4.78, 5) is 2.54. The zero-order valence-electron chi connectivity index (χ0n) is 10.3. The highest BCUT2D eigenvalue weighted by molar-refractivity contribution is 5.14. The van der Waals surface area contributed by atoms with Crippen LogP contribution in [0.1, 0.15) is 25.8 Å². The predicted molar refractivity (Wildman–Crippen MR) is 68.1 cm³/mol. The van der Waals surface area contributed by atoms with Gasteiger partial charge in [-0.2, -0.15) is 0 Å². The van der Waals surface area contributed by atoms with Gasteiger partial charge in [-0.3, -0.25) is 4.90 Å². The SMILES string of the molecule is C[C@@H]1[C@H](N)CCN(Cc2ccccc2)[C@H]1C. The summed E-state index contributed by atoms with van der Waals surface area (Å²) in [6.07, 6.45) is 1.12. The monoisotopic (exact) mass is 218 g/mol. The molecule has 1 saturated heterocycles. The van der Waals surface area contributed by atoms with Crippen LogP contribution in [0.2, 0.25) is 0 Å². The molecule has 1 aromatic rings. The molecule has 0 amide bonds. The van der Waals surface area contributed by atoms with Crippen molar-refractivity contribution in [3.63, 3.8) is 0 Å². The van der Waals surface area contributed by atoms with Crippen LogP contribution in [0.4, 0.5) is 0 Å². The Kier molecular flexibility index (Phi) is 3.62. The molecule has 3 atom stereocenters. The summed E-state index contributed by atoms with van der Waals surface area (Å²) in [5, 5.41) is 0. The zero-order chi connectivity index (χ0) is 11.5. The fraction of sp³-hybridized carbons (Fsp3) is 0.571. The van der Waals surface area contributed by atoms with Gasteiger partial charge in [-0.15, -0.1) is 0 Å². The minimum atomic E-state index is 0.377. The Labute approximate surface area is 98.4 Å². The molecule has 1 aliphatic heterocycles. The molecule has 0 spiro atoms. The molecule has 0 radical (unpaired) electrons. The Hall–Kier alpha value is -0.860. The van der Waals surface area contributed by atoms with E-state index in [1.165, 1.54) is 5.56 Å². The molecule has 0 aliphatic carbocycles. The number of nitrogens with zero attached hydrogens (tertiary/aromatic N) is 1. The molecule has 2 heteroatoms. The Morgan fingerprint density at radius 1 is 1.25 bits per heavy atom. The highest BCUT2D eigenvalue weighted by Gasteiger charge is 2.29. The number of nitrogens with two attached hydrogens (primary N) is 1. The number of benzene rings is 1. The fourth-order valence-corrected chi connectivity index (χ4v) is 2.51. The van der Waals surface area contributed by atoms with Gasteiger partial charge in [0, 0.05) is 25.2 Å². The van der Waals surface area contributed by atoms with Crippen molar-refractivity contribution in [1.29, 1.82) is 0 Å². The van der Waals surface area contributed by atoms with Crippen LogP contribution in [-0.4, -0.2) is 23.5 Å². The van der Waals surface area contributed by atoms with Crippen molar-refractivity contribution < 1.29 is 0 Å². The van der Waals surface area contributed by atoms with E-state index in [0.717, 1.165) is 19.5 Å². The van der Waals surface area contributed by atoms with Gasteiger partial charge in [-0.25, -0.2) is 0 Å². The maximum Gasteiger partial charge on any atom is 0.0236 e. The molecule has 0 unspecified atom stereocenters. The molecular weight excluding hydrogens is 196 g/mol. The highest BCUT2D eigenvalue weighted by atomic mass is 15.2. The first-order chi connectivity index (χ1) is 7.68. The smallest absolute Gasteiger partial charge is 0.0236 e. The number of hydrogen-bond acceptors (Lipinski definition) is 2. The van der Waals surface area contributed by atoms with Crippen LogP contribution >= 0.6 is 0 Å². The van der Waals surface area contributed by atoms with E-state index < -0.39 is 0 Å². The van der Waals surface area contributed by atoms with Crippen LogP contribution in [0.15, 0.2) is 30.3 Å². The van der Waals surface area contributed by atoms with Crippen LogP contribution in [0.25, 0.3) is 0 Å². The van der Waals surface area contributed by atoms with Crippen LogP contribution in [0.3, 0.4) is 0 Å². The summed E-state index contributed by atoms with van der Waals surface area (Å²) in [6, 6.07) is 11.7. The standard InChI is InChI=1S/C14H22N2/c1-11-12(2)16(9-8-14(11)15)10-13-6-4-3-5-7-13/h3-7,11-12,14H,8-10,15H2,1-2H3/t11-,12-,14+/m0/s1. The normalized spacial score (nSPS) is 31.6. The minimum absolute atomic E-state index is 0.377. The van der Waals surface area contributed by atoms with Crippen LogP contribution in [0.5, 0.6) is 0 Å². The maximum atomic E-state index is 6.10. The van der Waals surface area contributed by atoms with E-state index in [-0.39, 0.29) is 0 Å². The highest BCUT2D eigenvalue weighted by Crippen LogP contribution is 2.23. The second-order valence-electron chi connectivity index (χ2n) is 5.01. The lowest BCUT2D eigenvalue weighted by atomic mass is 9.87. The zero-order valence-corrected chi connectivity index (χ0v) is 10.3. The fourth-order valence-electron chi connectivity index (χ4n) is 2.51. The number of likely N-dealkylation sites (tertiary alicyclic amines) is 1. The van der Waals surface area contributed by atoms with Gasteiger partial charge in [0.2, 0.25) is 0 Å². The molecular formula is C14H22N2. The molecule has 88 valence electrons. The quantitative estimate of drug-likeness (QED) is 0.825. The van der Waals surface area contributed by atoms with E-state index in [9.17, 15) is 0 Å². The van der Waals surface area contributed by atoms with Gasteiger partial charge in [0.15, 0.2) is 0 Å². The number of rotatable bonds is 2. The Balaban J connectivity index is 2.00. The van der Waals surface area contributed by atoms with Crippen LogP contribution in [0, 0.1) is 5.92 Å². The lowest BCUT2D eigenvalue weighted by Gasteiger charge is -2.41. The largest absolute Gasteiger partial charge is 0.327 e. The lowest BCUT2D eigenvalue weighted by Crippen LogP contribution is -2.51. The second-order valence-corrected chi connectivity index (χ2v) is 5.01. The molecule has 1 aromatic carbocycles. The molecule has 2 rings (SSSR count). The molecule has 1 aliphatic rings. The van der Waals surface area contributed by atoms with Crippen molar-refractivity contribution in [2.75, 3.05) is 6.54 Å². The molecule has 16 heavy (non-hydrogen) atoms. The van der Waals surface area contributed by atoms with Gasteiger partial charge < -0.3 is 5.73 Å². The average molecular weight is 218 g/mol. The third kappa shape index (κ3) is 2.45. The summed E-state index contributed by atoms with van der Waals surface area (Å²) in [5.41, 5.74) is 7.50. The maximum absolute atomic E-state index is 6.10.